The summed E-state index contributed by atoms with van der Waals surface area (Å²) in [5, 5.41) is 0.823. The van der Waals surface area contributed by atoms with Gasteiger partial charge in [0.25, 0.3) is 0 Å². The first kappa shape index (κ1) is 12.6. The Bertz CT molecular complexity index is 524. The Hall–Kier alpha value is -1.41. The van der Waals surface area contributed by atoms with E-state index in [2.05, 4.69) is 28.5 Å². The van der Waals surface area contributed by atoms with Gasteiger partial charge in [0, 0.05) is 32.4 Å². The molecule has 8 heteroatoms. The fourth-order valence-corrected chi connectivity index (χ4v) is 2.86. The molecule has 2 aromatic heterocycles. The number of rotatable bonds is 3. The highest BCUT2D eigenvalue weighted by atomic mass is 32.2. The maximum atomic E-state index is 4.54. The second-order valence-corrected chi connectivity index (χ2v) is 5.47. The number of piperazine rings is 1. The summed E-state index contributed by atoms with van der Waals surface area (Å²) in [6, 6.07) is 1.97. The van der Waals surface area contributed by atoms with E-state index in [1.165, 1.54) is 11.7 Å². The van der Waals surface area contributed by atoms with Gasteiger partial charge in [-0.2, -0.15) is 8.75 Å². The van der Waals surface area contributed by atoms with E-state index in [0.29, 0.717) is 0 Å². The first-order chi connectivity index (χ1) is 9.36. The third-order valence-corrected chi connectivity index (χ3v) is 4.11. The van der Waals surface area contributed by atoms with Crippen LogP contribution < -0.4 is 9.80 Å². The van der Waals surface area contributed by atoms with Gasteiger partial charge < -0.3 is 9.80 Å². The van der Waals surface area contributed by atoms with Crippen molar-refractivity contribution in [3.63, 3.8) is 0 Å². The Balaban J connectivity index is 1.66. The molecule has 0 bridgehead atoms. The lowest BCUT2D eigenvalue weighted by atomic mass is 10.3. The zero-order valence-corrected chi connectivity index (χ0v) is 12.2. The fraction of sp³-hybridized carbons (Fsp3) is 0.455. The SMILES string of the molecule is CSc1nccc(N2CCN(c3cnsn3)CC2)n1. The molecule has 1 saturated heterocycles. The lowest BCUT2D eigenvalue weighted by Gasteiger charge is -2.35. The van der Waals surface area contributed by atoms with E-state index in [0.717, 1.165) is 43.0 Å². The standard InChI is InChI=1S/C11H14N6S2/c1-18-11-12-3-2-9(14-11)16-4-6-17(7-5-16)10-8-13-19-15-10/h2-3,8H,4-7H2,1H3. The third kappa shape index (κ3) is 2.79. The third-order valence-electron chi connectivity index (χ3n) is 3.08. The Morgan fingerprint density at radius 2 is 1.89 bits per heavy atom. The smallest absolute Gasteiger partial charge is 0.189 e. The van der Waals surface area contributed by atoms with Crippen LogP contribution in [0.15, 0.2) is 23.6 Å². The number of anilines is 2. The molecule has 0 unspecified atom stereocenters. The van der Waals surface area contributed by atoms with Crippen LogP contribution in [0.5, 0.6) is 0 Å². The Labute approximate surface area is 120 Å². The molecule has 1 aliphatic heterocycles. The van der Waals surface area contributed by atoms with Gasteiger partial charge in [-0.1, -0.05) is 11.8 Å². The molecule has 100 valence electrons. The van der Waals surface area contributed by atoms with Crippen LogP contribution >= 0.6 is 23.5 Å². The molecule has 0 radical (unpaired) electrons. The number of thioether (sulfide) groups is 1. The molecule has 0 aliphatic carbocycles. The second kappa shape index (κ2) is 5.70. The first-order valence-corrected chi connectivity index (χ1v) is 7.97. The predicted molar refractivity (Wildman–Crippen MR) is 78.1 cm³/mol. The molecule has 0 spiro atoms. The molecule has 0 saturated carbocycles. The van der Waals surface area contributed by atoms with Gasteiger partial charge in [-0.3, -0.25) is 0 Å². The average Bonchev–Trinajstić information content (AvgIpc) is 3.02. The van der Waals surface area contributed by atoms with Crippen LogP contribution in [0, 0.1) is 0 Å². The molecule has 19 heavy (non-hydrogen) atoms. The van der Waals surface area contributed by atoms with Crippen LogP contribution in [-0.4, -0.2) is 51.1 Å². The summed E-state index contributed by atoms with van der Waals surface area (Å²) < 4.78 is 8.32. The fourth-order valence-electron chi connectivity index (χ4n) is 2.07. The Morgan fingerprint density at radius 1 is 1.16 bits per heavy atom. The van der Waals surface area contributed by atoms with Gasteiger partial charge in [-0.05, 0) is 12.3 Å². The van der Waals surface area contributed by atoms with Crippen LogP contribution in [0.1, 0.15) is 0 Å². The molecule has 3 rings (SSSR count). The molecule has 3 heterocycles. The van der Waals surface area contributed by atoms with Gasteiger partial charge in [0.15, 0.2) is 11.0 Å². The quantitative estimate of drug-likeness (QED) is 0.626. The zero-order valence-electron chi connectivity index (χ0n) is 10.6. The van der Waals surface area contributed by atoms with Crippen LogP contribution in [0.25, 0.3) is 0 Å². The van der Waals surface area contributed by atoms with Crippen LogP contribution in [0.3, 0.4) is 0 Å². The lowest BCUT2D eigenvalue weighted by Crippen LogP contribution is -2.47. The molecular formula is C11H14N6S2. The van der Waals surface area contributed by atoms with E-state index in [-0.39, 0.29) is 0 Å². The van der Waals surface area contributed by atoms with Crippen molar-refractivity contribution in [1.82, 2.24) is 18.7 Å². The summed E-state index contributed by atoms with van der Waals surface area (Å²) in [5.41, 5.74) is 0. The maximum absolute atomic E-state index is 4.54. The highest BCUT2D eigenvalue weighted by Crippen LogP contribution is 2.19. The highest BCUT2D eigenvalue weighted by molar-refractivity contribution is 7.98. The molecule has 2 aromatic rings. The predicted octanol–water partition coefficient (Wildman–Crippen LogP) is 1.38. The van der Waals surface area contributed by atoms with E-state index in [4.69, 9.17) is 0 Å². The van der Waals surface area contributed by atoms with Crippen LogP contribution in [0.4, 0.5) is 11.6 Å². The number of nitrogens with zero attached hydrogens (tertiary/aromatic N) is 6. The zero-order chi connectivity index (χ0) is 13.1. The molecule has 0 amide bonds. The highest BCUT2D eigenvalue weighted by Gasteiger charge is 2.19. The van der Waals surface area contributed by atoms with Crippen molar-refractivity contribution in [2.45, 2.75) is 5.16 Å². The maximum Gasteiger partial charge on any atom is 0.189 e. The Kier molecular flexibility index (Phi) is 3.79. The minimum Gasteiger partial charge on any atom is -0.353 e. The molecule has 1 fully saturated rings. The van der Waals surface area contributed by atoms with E-state index in [1.807, 2.05) is 24.7 Å². The molecule has 0 N–H and O–H groups in total. The summed E-state index contributed by atoms with van der Waals surface area (Å²) in [4.78, 5) is 13.3. The van der Waals surface area contributed by atoms with Crippen molar-refractivity contribution in [2.75, 3.05) is 42.2 Å². The topological polar surface area (TPSA) is 58.0 Å². The van der Waals surface area contributed by atoms with Gasteiger partial charge >= 0.3 is 0 Å². The van der Waals surface area contributed by atoms with Gasteiger partial charge in [0.05, 0.1) is 17.9 Å². The summed E-state index contributed by atoms with van der Waals surface area (Å²) in [7, 11) is 0. The van der Waals surface area contributed by atoms with Crippen molar-refractivity contribution >= 4 is 35.1 Å². The normalized spacial score (nSPS) is 15.8. The summed E-state index contributed by atoms with van der Waals surface area (Å²) in [6.07, 6.45) is 5.65. The largest absolute Gasteiger partial charge is 0.353 e. The van der Waals surface area contributed by atoms with Crippen LogP contribution in [0.2, 0.25) is 0 Å². The van der Waals surface area contributed by atoms with Crippen molar-refractivity contribution in [1.29, 1.82) is 0 Å². The minimum absolute atomic E-state index is 0.823. The Morgan fingerprint density at radius 3 is 2.53 bits per heavy atom. The van der Waals surface area contributed by atoms with Crippen molar-refractivity contribution < 1.29 is 0 Å². The number of aromatic nitrogens is 4. The minimum atomic E-state index is 0.823. The van der Waals surface area contributed by atoms with E-state index in [1.54, 1.807) is 11.8 Å². The molecule has 1 aliphatic rings. The number of hydrogen-bond acceptors (Lipinski definition) is 8. The van der Waals surface area contributed by atoms with Crippen molar-refractivity contribution in [2.24, 2.45) is 0 Å². The molecule has 0 atom stereocenters. The summed E-state index contributed by atoms with van der Waals surface area (Å²) in [6.45, 7) is 3.79. The van der Waals surface area contributed by atoms with E-state index < -0.39 is 0 Å². The van der Waals surface area contributed by atoms with Gasteiger partial charge in [-0.15, -0.1) is 0 Å². The van der Waals surface area contributed by atoms with Gasteiger partial charge in [0.1, 0.15) is 5.82 Å². The lowest BCUT2D eigenvalue weighted by molar-refractivity contribution is 0.639. The van der Waals surface area contributed by atoms with E-state index >= 15 is 0 Å². The second-order valence-electron chi connectivity index (χ2n) is 4.14. The van der Waals surface area contributed by atoms with E-state index in [9.17, 15) is 0 Å². The van der Waals surface area contributed by atoms with Gasteiger partial charge in [0.2, 0.25) is 0 Å². The van der Waals surface area contributed by atoms with Crippen molar-refractivity contribution in [3.8, 4) is 0 Å². The molecule has 0 aromatic carbocycles. The number of hydrogen-bond donors (Lipinski definition) is 0. The van der Waals surface area contributed by atoms with Crippen molar-refractivity contribution in [3.05, 3.63) is 18.5 Å². The average molecular weight is 294 g/mol. The first-order valence-electron chi connectivity index (χ1n) is 6.01. The summed E-state index contributed by atoms with van der Waals surface area (Å²) in [5.74, 6) is 1.99. The van der Waals surface area contributed by atoms with Gasteiger partial charge in [-0.25, -0.2) is 9.97 Å². The monoisotopic (exact) mass is 294 g/mol. The molecule has 6 nitrogen and oxygen atoms in total. The van der Waals surface area contributed by atoms with Crippen LogP contribution in [-0.2, 0) is 0 Å². The summed E-state index contributed by atoms with van der Waals surface area (Å²) >= 11 is 2.83. The molecular weight excluding hydrogens is 280 g/mol.